The molecule has 0 amide bonds. The minimum atomic E-state index is -0.339. The van der Waals surface area contributed by atoms with Crippen molar-refractivity contribution in [3.8, 4) is 5.75 Å². The van der Waals surface area contributed by atoms with Gasteiger partial charge >= 0.3 is 0 Å². The van der Waals surface area contributed by atoms with Crippen molar-refractivity contribution in [3.63, 3.8) is 0 Å². The molecule has 0 aliphatic carbocycles. The largest absolute Gasteiger partial charge is 0.491 e. The number of ether oxygens (including phenoxy) is 1. The number of rotatable bonds is 4. The summed E-state index contributed by atoms with van der Waals surface area (Å²) in [6.45, 7) is 8.66. The molecule has 1 rings (SSSR count). The maximum Gasteiger partial charge on any atom is 0.165 e. The highest BCUT2D eigenvalue weighted by molar-refractivity contribution is 5.31. The van der Waals surface area contributed by atoms with Crippen LogP contribution in [-0.4, -0.2) is 6.61 Å². The Morgan fingerprint density at radius 1 is 1.35 bits per heavy atom. The zero-order valence-corrected chi connectivity index (χ0v) is 11.1. The Morgan fingerprint density at radius 3 is 2.47 bits per heavy atom. The highest BCUT2D eigenvalue weighted by Crippen LogP contribution is 2.29. The van der Waals surface area contributed by atoms with E-state index >= 15 is 0 Å². The van der Waals surface area contributed by atoms with E-state index < -0.39 is 0 Å². The molecule has 17 heavy (non-hydrogen) atoms. The van der Waals surface area contributed by atoms with Gasteiger partial charge in [-0.05, 0) is 36.5 Å². The SMILES string of the molecule is CCOc1ccc(C(N)CC(C)(C)C)cc1F. The highest BCUT2D eigenvalue weighted by atomic mass is 19.1. The van der Waals surface area contributed by atoms with E-state index in [1.54, 1.807) is 6.07 Å². The molecule has 2 N–H and O–H groups in total. The van der Waals surface area contributed by atoms with E-state index in [1.807, 2.05) is 13.0 Å². The fourth-order valence-corrected chi connectivity index (χ4v) is 1.80. The molecule has 0 radical (unpaired) electrons. The third-order valence-electron chi connectivity index (χ3n) is 2.52. The minimum Gasteiger partial charge on any atom is -0.491 e. The normalized spacial score (nSPS) is 13.5. The van der Waals surface area contributed by atoms with Gasteiger partial charge in [0, 0.05) is 6.04 Å². The number of benzene rings is 1. The van der Waals surface area contributed by atoms with Gasteiger partial charge in [-0.1, -0.05) is 26.8 Å². The molecule has 0 saturated heterocycles. The van der Waals surface area contributed by atoms with Gasteiger partial charge in [0.05, 0.1) is 6.61 Å². The molecule has 0 aromatic heterocycles. The molecular formula is C14H22FNO. The Bertz CT molecular complexity index is 371. The van der Waals surface area contributed by atoms with Crippen LogP contribution >= 0.6 is 0 Å². The van der Waals surface area contributed by atoms with E-state index in [-0.39, 0.29) is 17.3 Å². The second-order valence-corrected chi connectivity index (χ2v) is 5.49. The maximum absolute atomic E-state index is 13.6. The van der Waals surface area contributed by atoms with Gasteiger partial charge in [-0.25, -0.2) is 4.39 Å². The van der Waals surface area contributed by atoms with E-state index in [0.717, 1.165) is 12.0 Å². The Balaban J connectivity index is 2.82. The molecule has 1 aromatic rings. The standard InChI is InChI=1S/C14H22FNO/c1-5-17-13-7-6-10(8-11(13)15)12(16)9-14(2,3)4/h6-8,12H,5,9,16H2,1-4H3. The Morgan fingerprint density at radius 2 is 2.00 bits per heavy atom. The molecule has 96 valence electrons. The zero-order valence-electron chi connectivity index (χ0n) is 11.1. The fraction of sp³-hybridized carbons (Fsp3) is 0.571. The second-order valence-electron chi connectivity index (χ2n) is 5.49. The Hall–Kier alpha value is -1.09. The summed E-state index contributed by atoms with van der Waals surface area (Å²) >= 11 is 0. The van der Waals surface area contributed by atoms with E-state index in [1.165, 1.54) is 6.07 Å². The summed E-state index contributed by atoms with van der Waals surface area (Å²) in [6, 6.07) is 4.82. The van der Waals surface area contributed by atoms with Gasteiger partial charge in [0.15, 0.2) is 11.6 Å². The lowest BCUT2D eigenvalue weighted by molar-refractivity contribution is 0.319. The van der Waals surface area contributed by atoms with Crippen molar-refractivity contribution < 1.29 is 9.13 Å². The monoisotopic (exact) mass is 239 g/mol. The van der Waals surface area contributed by atoms with Gasteiger partial charge in [-0.15, -0.1) is 0 Å². The van der Waals surface area contributed by atoms with Crippen LogP contribution in [0.3, 0.4) is 0 Å². The lowest BCUT2D eigenvalue weighted by Crippen LogP contribution is -2.18. The van der Waals surface area contributed by atoms with Gasteiger partial charge < -0.3 is 10.5 Å². The second kappa shape index (κ2) is 5.50. The van der Waals surface area contributed by atoms with Crippen LogP contribution in [0.4, 0.5) is 4.39 Å². The topological polar surface area (TPSA) is 35.2 Å². The first-order valence-corrected chi connectivity index (χ1v) is 6.01. The molecule has 0 aliphatic heterocycles. The molecule has 1 aromatic carbocycles. The van der Waals surface area contributed by atoms with E-state index in [0.29, 0.717) is 12.4 Å². The van der Waals surface area contributed by atoms with Crippen LogP contribution in [0.1, 0.15) is 45.7 Å². The maximum atomic E-state index is 13.6. The molecule has 0 fully saturated rings. The lowest BCUT2D eigenvalue weighted by atomic mass is 9.86. The molecule has 0 spiro atoms. The molecule has 2 nitrogen and oxygen atoms in total. The summed E-state index contributed by atoms with van der Waals surface area (Å²) in [6.07, 6.45) is 0.820. The Kier molecular flexibility index (Phi) is 4.52. The van der Waals surface area contributed by atoms with Crippen molar-refractivity contribution in [3.05, 3.63) is 29.6 Å². The molecule has 3 heteroatoms. The Labute approximate surface area is 103 Å². The molecule has 1 atom stereocenters. The third kappa shape index (κ3) is 4.35. The molecule has 0 aliphatic rings. The first kappa shape index (κ1) is 14.0. The van der Waals surface area contributed by atoms with Crippen molar-refractivity contribution in [2.75, 3.05) is 6.61 Å². The van der Waals surface area contributed by atoms with Crippen molar-refractivity contribution in [2.24, 2.45) is 11.1 Å². The van der Waals surface area contributed by atoms with Crippen LogP contribution in [0.25, 0.3) is 0 Å². The smallest absolute Gasteiger partial charge is 0.165 e. The van der Waals surface area contributed by atoms with Crippen molar-refractivity contribution in [1.29, 1.82) is 0 Å². The van der Waals surface area contributed by atoms with Gasteiger partial charge in [-0.2, -0.15) is 0 Å². The summed E-state index contributed by atoms with van der Waals surface area (Å²) in [5.41, 5.74) is 7.02. The number of nitrogens with two attached hydrogens (primary N) is 1. The predicted octanol–water partition coefficient (Wildman–Crippen LogP) is 3.66. The number of halogens is 1. The predicted molar refractivity (Wildman–Crippen MR) is 68.6 cm³/mol. The molecular weight excluding hydrogens is 217 g/mol. The van der Waals surface area contributed by atoms with E-state index in [2.05, 4.69) is 20.8 Å². The van der Waals surface area contributed by atoms with Crippen LogP contribution < -0.4 is 10.5 Å². The summed E-state index contributed by atoms with van der Waals surface area (Å²) in [7, 11) is 0. The van der Waals surface area contributed by atoms with Gasteiger partial charge in [-0.3, -0.25) is 0 Å². The zero-order chi connectivity index (χ0) is 13.1. The van der Waals surface area contributed by atoms with Crippen LogP contribution in [0.2, 0.25) is 0 Å². The van der Waals surface area contributed by atoms with Crippen LogP contribution in [0.15, 0.2) is 18.2 Å². The van der Waals surface area contributed by atoms with Crippen LogP contribution in [-0.2, 0) is 0 Å². The number of hydrogen-bond donors (Lipinski definition) is 1. The average molecular weight is 239 g/mol. The summed E-state index contributed by atoms with van der Waals surface area (Å²) in [5.74, 6) is -0.0482. The van der Waals surface area contributed by atoms with Gasteiger partial charge in [0.2, 0.25) is 0 Å². The van der Waals surface area contributed by atoms with E-state index in [4.69, 9.17) is 10.5 Å². The summed E-state index contributed by atoms with van der Waals surface area (Å²) < 4.78 is 18.8. The van der Waals surface area contributed by atoms with Gasteiger partial charge in [0.25, 0.3) is 0 Å². The van der Waals surface area contributed by atoms with Crippen molar-refractivity contribution in [2.45, 2.75) is 40.2 Å². The summed E-state index contributed by atoms with van der Waals surface area (Å²) in [4.78, 5) is 0. The van der Waals surface area contributed by atoms with Crippen LogP contribution in [0.5, 0.6) is 5.75 Å². The molecule has 0 bridgehead atoms. The lowest BCUT2D eigenvalue weighted by Gasteiger charge is -2.23. The van der Waals surface area contributed by atoms with Crippen molar-refractivity contribution >= 4 is 0 Å². The van der Waals surface area contributed by atoms with E-state index in [9.17, 15) is 4.39 Å². The summed E-state index contributed by atoms with van der Waals surface area (Å²) in [5, 5.41) is 0. The first-order chi connectivity index (χ1) is 7.83. The minimum absolute atomic E-state index is 0.133. The molecule has 0 heterocycles. The third-order valence-corrected chi connectivity index (χ3v) is 2.52. The molecule has 1 unspecified atom stereocenters. The molecule has 0 saturated carbocycles. The highest BCUT2D eigenvalue weighted by Gasteiger charge is 2.18. The average Bonchev–Trinajstić information content (AvgIpc) is 2.18. The quantitative estimate of drug-likeness (QED) is 0.870. The fourth-order valence-electron chi connectivity index (χ4n) is 1.80. The van der Waals surface area contributed by atoms with Crippen molar-refractivity contribution in [1.82, 2.24) is 0 Å². The first-order valence-electron chi connectivity index (χ1n) is 6.01. The number of hydrogen-bond acceptors (Lipinski definition) is 2. The van der Waals surface area contributed by atoms with Crippen LogP contribution in [0, 0.1) is 11.2 Å². The van der Waals surface area contributed by atoms with Gasteiger partial charge in [0.1, 0.15) is 0 Å².